The zero-order valence-electron chi connectivity index (χ0n) is 15.2. The van der Waals surface area contributed by atoms with Gasteiger partial charge in [0.15, 0.2) is 11.5 Å². The molecule has 1 amide bonds. The third-order valence-electron chi connectivity index (χ3n) is 5.01. The molecule has 0 N–H and O–H groups in total. The fourth-order valence-corrected chi connectivity index (χ4v) is 3.69. The van der Waals surface area contributed by atoms with Gasteiger partial charge in [-0.3, -0.25) is 4.79 Å². The summed E-state index contributed by atoms with van der Waals surface area (Å²) in [5.41, 5.74) is 2.74. The molecule has 4 rings (SSSR count). The molecule has 7 heteroatoms. The Kier molecular flexibility index (Phi) is 4.51. The van der Waals surface area contributed by atoms with Gasteiger partial charge in [0.1, 0.15) is 11.6 Å². The molecule has 0 saturated carbocycles. The molecule has 0 bridgehead atoms. The van der Waals surface area contributed by atoms with E-state index < -0.39 is 0 Å². The van der Waals surface area contributed by atoms with E-state index in [-0.39, 0.29) is 23.5 Å². The van der Waals surface area contributed by atoms with E-state index >= 15 is 0 Å². The number of benzene rings is 1. The van der Waals surface area contributed by atoms with Crippen molar-refractivity contribution in [3.63, 3.8) is 0 Å². The van der Waals surface area contributed by atoms with Gasteiger partial charge in [0.2, 0.25) is 0 Å². The number of carbonyl (C=O) groups excluding carboxylic acids is 1. The van der Waals surface area contributed by atoms with E-state index in [4.69, 9.17) is 9.05 Å². The summed E-state index contributed by atoms with van der Waals surface area (Å²) in [5, 5.41) is 8.01. The fraction of sp³-hybridized carbons (Fsp3) is 0.350. The fourth-order valence-electron chi connectivity index (χ4n) is 3.69. The number of hydrogen-bond donors (Lipinski definition) is 0. The number of aryl methyl sites for hydroxylation is 2. The molecule has 140 valence electrons. The second kappa shape index (κ2) is 6.98. The smallest absolute Gasteiger partial charge is 0.276 e. The van der Waals surface area contributed by atoms with Gasteiger partial charge < -0.3 is 13.9 Å². The average molecular weight is 369 g/mol. The highest BCUT2D eigenvalue weighted by molar-refractivity contribution is 5.93. The van der Waals surface area contributed by atoms with E-state index in [1.54, 1.807) is 18.2 Å². The largest absolute Gasteiger partial charge is 0.361 e. The third-order valence-corrected chi connectivity index (χ3v) is 5.01. The monoisotopic (exact) mass is 369 g/mol. The number of amides is 1. The highest BCUT2D eigenvalue weighted by atomic mass is 19.1. The van der Waals surface area contributed by atoms with Crippen molar-refractivity contribution in [1.29, 1.82) is 0 Å². The number of aromatic nitrogens is 2. The minimum Gasteiger partial charge on any atom is -0.361 e. The zero-order chi connectivity index (χ0) is 19.0. The predicted octanol–water partition coefficient (Wildman–Crippen LogP) is 4.32. The normalized spacial score (nSPS) is 16.9. The van der Waals surface area contributed by atoms with Crippen LogP contribution in [-0.4, -0.2) is 27.7 Å². The first-order valence-corrected chi connectivity index (χ1v) is 9.07. The summed E-state index contributed by atoms with van der Waals surface area (Å²) in [7, 11) is 0. The zero-order valence-corrected chi connectivity index (χ0v) is 15.2. The summed E-state index contributed by atoms with van der Waals surface area (Å²) in [5.74, 6) is 0.747. The molecular weight excluding hydrogens is 349 g/mol. The van der Waals surface area contributed by atoms with Crippen molar-refractivity contribution < 1.29 is 18.2 Å². The molecule has 1 aromatic carbocycles. The van der Waals surface area contributed by atoms with Crippen LogP contribution in [0.5, 0.6) is 0 Å². The van der Waals surface area contributed by atoms with E-state index in [2.05, 4.69) is 10.3 Å². The molecule has 6 nitrogen and oxygen atoms in total. The molecular formula is C20H20FN3O3. The summed E-state index contributed by atoms with van der Waals surface area (Å²) >= 11 is 0. The SMILES string of the molecule is CCc1onc(C)c1[C@H]1CCCN1C(=O)c1cc(-c2ccc(F)cc2)on1. The summed E-state index contributed by atoms with van der Waals surface area (Å²) in [6, 6.07) is 7.41. The lowest BCUT2D eigenvalue weighted by Gasteiger charge is -2.24. The van der Waals surface area contributed by atoms with Crippen LogP contribution in [0.1, 0.15) is 53.3 Å². The minimum atomic E-state index is -0.328. The van der Waals surface area contributed by atoms with Crippen LogP contribution in [-0.2, 0) is 6.42 Å². The van der Waals surface area contributed by atoms with Gasteiger partial charge in [0, 0.05) is 30.2 Å². The quantitative estimate of drug-likeness (QED) is 0.685. The Bertz CT molecular complexity index is 961. The highest BCUT2D eigenvalue weighted by Crippen LogP contribution is 2.37. The van der Waals surface area contributed by atoms with Gasteiger partial charge in [0.05, 0.1) is 11.7 Å². The van der Waals surface area contributed by atoms with Crippen molar-refractivity contribution in [2.75, 3.05) is 6.54 Å². The molecule has 3 heterocycles. The summed E-state index contributed by atoms with van der Waals surface area (Å²) in [6.07, 6.45) is 2.50. The molecule has 1 atom stereocenters. The van der Waals surface area contributed by atoms with Crippen molar-refractivity contribution in [2.45, 2.75) is 39.2 Å². The molecule has 0 radical (unpaired) electrons. The standard InChI is InChI=1S/C20H20FN3O3/c1-3-17-19(12(2)22-26-17)16-5-4-10-24(16)20(25)15-11-18(27-23-15)13-6-8-14(21)9-7-13/h6-9,11,16H,3-5,10H2,1-2H3/t16-/m1/s1. The predicted molar refractivity (Wildman–Crippen MR) is 95.5 cm³/mol. The number of nitrogens with zero attached hydrogens (tertiary/aromatic N) is 3. The number of likely N-dealkylation sites (tertiary alicyclic amines) is 1. The van der Waals surface area contributed by atoms with E-state index in [1.807, 2.05) is 18.7 Å². The Morgan fingerprint density at radius 1 is 1.26 bits per heavy atom. The van der Waals surface area contributed by atoms with Gasteiger partial charge in [0.25, 0.3) is 5.91 Å². The number of carbonyl (C=O) groups is 1. The number of halogens is 1. The first kappa shape index (κ1) is 17.5. The van der Waals surface area contributed by atoms with Crippen LogP contribution in [0.3, 0.4) is 0 Å². The second-order valence-electron chi connectivity index (χ2n) is 6.70. The molecule has 1 aliphatic rings. The lowest BCUT2D eigenvalue weighted by Crippen LogP contribution is -2.31. The highest BCUT2D eigenvalue weighted by Gasteiger charge is 2.35. The molecule has 0 unspecified atom stereocenters. The topological polar surface area (TPSA) is 72.4 Å². The van der Waals surface area contributed by atoms with Gasteiger partial charge in [-0.25, -0.2) is 4.39 Å². The van der Waals surface area contributed by atoms with Crippen LogP contribution in [0.2, 0.25) is 0 Å². The third kappa shape index (κ3) is 3.13. The Labute approximate surface area is 155 Å². The summed E-state index contributed by atoms with van der Waals surface area (Å²) in [4.78, 5) is 14.9. The maximum absolute atomic E-state index is 13.1. The van der Waals surface area contributed by atoms with Gasteiger partial charge in [-0.15, -0.1) is 0 Å². The molecule has 0 spiro atoms. The van der Waals surface area contributed by atoms with Crippen molar-refractivity contribution in [3.8, 4) is 11.3 Å². The summed E-state index contributed by atoms with van der Waals surface area (Å²) < 4.78 is 23.8. The lowest BCUT2D eigenvalue weighted by molar-refractivity contribution is 0.0724. The Morgan fingerprint density at radius 3 is 2.78 bits per heavy atom. The second-order valence-corrected chi connectivity index (χ2v) is 6.70. The van der Waals surface area contributed by atoms with Crippen LogP contribution < -0.4 is 0 Å². The van der Waals surface area contributed by atoms with Crippen LogP contribution >= 0.6 is 0 Å². The molecule has 1 saturated heterocycles. The molecule has 0 aliphatic carbocycles. The van der Waals surface area contributed by atoms with Crippen molar-refractivity contribution in [1.82, 2.24) is 15.2 Å². The van der Waals surface area contributed by atoms with Gasteiger partial charge in [-0.2, -0.15) is 0 Å². The number of rotatable bonds is 4. The molecule has 1 fully saturated rings. The first-order chi connectivity index (χ1) is 13.1. The molecule has 2 aromatic heterocycles. The van der Waals surface area contributed by atoms with Crippen molar-refractivity contribution in [3.05, 3.63) is 58.9 Å². The first-order valence-electron chi connectivity index (χ1n) is 9.07. The van der Waals surface area contributed by atoms with Gasteiger partial charge in [-0.1, -0.05) is 17.2 Å². The lowest BCUT2D eigenvalue weighted by atomic mass is 10.0. The van der Waals surface area contributed by atoms with Gasteiger partial charge >= 0.3 is 0 Å². The maximum atomic E-state index is 13.1. The van der Waals surface area contributed by atoms with E-state index in [0.29, 0.717) is 17.9 Å². The van der Waals surface area contributed by atoms with Crippen LogP contribution in [0, 0.1) is 12.7 Å². The van der Waals surface area contributed by atoms with Gasteiger partial charge in [-0.05, 0) is 44.0 Å². The minimum absolute atomic E-state index is 0.0651. The van der Waals surface area contributed by atoms with Crippen LogP contribution in [0.25, 0.3) is 11.3 Å². The Balaban J connectivity index is 1.60. The molecule has 3 aromatic rings. The maximum Gasteiger partial charge on any atom is 0.276 e. The summed E-state index contributed by atoms with van der Waals surface area (Å²) in [6.45, 7) is 4.56. The van der Waals surface area contributed by atoms with Crippen molar-refractivity contribution >= 4 is 5.91 Å². The van der Waals surface area contributed by atoms with E-state index in [1.165, 1.54) is 12.1 Å². The number of hydrogen-bond acceptors (Lipinski definition) is 5. The molecule has 27 heavy (non-hydrogen) atoms. The molecule has 1 aliphatic heterocycles. The van der Waals surface area contributed by atoms with E-state index in [0.717, 1.165) is 36.3 Å². The Morgan fingerprint density at radius 2 is 2.04 bits per heavy atom. The average Bonchev–Trinajstić information content (AvgIpc) is 3.40. The van der Waals surface area contributed by atoms with E-state index in [9.17, 15) is 9.18 Å². The van der Waals surface area contributed by atoms with Crippen LogP contribution in [0.15, 0.2) is 39.4 Å². The van der Waals surface area contributed by atoms with Crippen LogP contribution in [0.4, 0.5) is 4.39 Å². The van der Waals surface area contributed by atoms with Crippen molar-refractivity contribution in [2.24, 2.45) is 0 Å². The Hall–Kier alpha value is -2.96.